The lowest BCUT2D eigenvalue weighted by molar-refractivity contribution is -0.0371. The van der Waals surface area contributed by atoms with Crippen LogP contribution in [0.5, 0.6) is 0 Å². The summed E-state index contributed by atoms with van der Waals surface area (Å²) in [7, 11) is 0. The van der Waals surface area contributed by atoms with Crippen LogP contribution < -0.4 is 0 Å². The fourth-order valence-corrected chi connectivity index (χ4v) is 1.44. The summed E-state index contributed by atoms with van der Waals surface area (Å²) in [5.41, 5.74) is 0. The molecule has 1 saturated heterocycles. The third kappa shape index (κ3) is 5.27. The maximum absolute atomic E-state index is 5.48. The van der Waals surface area contributed by atoms with E-state index in [9.17, 15) is 0 Å². The van der Waals surface area contributed by atoms with E-state index in [-0.39, 0.29) is 0 Å². The quantitative estimate of drug-likeness (QED) is 0.542. The van der Waals surface area contributed by atoms with Crippen LogP contribution in [-0.2, 0) is 9.47 Å². The van der Waals surface area contributed by atoms with Gasteiger partial charge in [0.05, 0.1) is 13.2 Å². The van der Waals surface area contributed by atoms with Crippen molar-refractivity contribution in [1.29, 1.82) is 0 Å². The van der Waals surface area contributed by atoms with Crippen molar-refractivity contribution in [3.8, 4) is 0 Å². The molecule has 1 heterocycles. The molecule has 0 amide bonds. The van der Waals surface area contributed by atoms with Gasteiger partial charge in [-0.15, -0.1) is 0 Å². The second-order valence-corrected chi connectivity index (χ2v) is 3.87. The minimum Gasteiger partial charge on any atom is -0.381 e. The van der Waals surface area contributed by atoms with Gasteiger partial charge >= 0.3 is 0 Å². The lowest BCUT2D eigenvalue weighted by Gasteiger charge is -2.25. The molecule has 0 spiro atoms. The van der Waals surface area contributed by atoms with Crippen LogP contribution >= 0.6 is 0 Å². The molecule has 1 aliphatic heterocycles. The van der Waals surface area contributed by atoms with Gasteiger partial charge in [0, 0.05) is 19.1 Å². The first-order valence-electron chi connectivity index (χ1n) is 5.59. The molecule has 2 nitrogen and oxygen atoms in total. The van der Waals surface area contributed by atoms with Gasteiger partial charge in [-0.2, -0.15) is 0 Å². The van der Waals surface area contributed by atoms with Crippen molar-refractivity contribution in [1.82, 2.24) is 0 Å². The van der Waals surface area contributed by atoms with Crippen molar-refractivity contribution in [3.05, 3.63) is 0 Å². The molecule has 1 rings (SSSR count). The first kappa shape index (κ1) is 11.0. The Kier molecular flexibility index (Phi) is 6.21. The zero-order chi connectivity index (χ0) is 9.36. The van der Waals surface area contributed by atoms with Gasteiger partial charge in [-0.3, -0.25) is 0 Å². The largest absolute Gasteiger partial charge is 0.381 e. The van der Waals surface area contributed by atoms with Gasteiger partial charge in [0.1, 0.15) is 0 Å². The minimum atomic E-state index is 0.857. The first-order valence-corrected chi connectivity index (χ1v) is 5.59. The summed E-state index contributed by atoms with van der Waals surface area (Å²) in [6, 6.07) is 0. The van der Waals surface area contributed by atoms with E-state index in [0.717, 1.165) is 32.3 Å². The Hall–Kier alpha value is -0.0800. The van der Waals surface area contributed by atoms with E-state index in [4.69, 9.17) is 9.47 Å². The van der Waals surface area contributed by atoms with Crippen LogP contribution in [0.4, 0.5) is 0 Å². The Morgan fingerprint density at radius 3 is 2.54 bits per heavy atom. The van der Waals surface area contributed by atoms with Crippen LogP contribution in [0.15, 0.2) is 0 Å². The second kappa shape index (κ2) is 7.34. The standard InChI is InChI=1S/C11H22O2/c1-2-3-7-12-8-5-4-6-11-9-13-10-11/h11H,2-10H2,1H3. The van der Waals surface area contributed by atoms with E-state index in [0.29, 0.717) is 0 Å². The summed E-state index contributed by atoms with van der Waals surface area (Å²) >= 11 is 0. The molecule has 0 atom stereocenters. The van der Waals surface area contributed by atoms with Crippen LogP contribution in [0.1, 0.15) is 39.0 Å². The van der Waals surface area contributed by atoms with E-state index in [1.165, 1.54) is 32.1 Å². The molecular weight excluding hydrogens is 164 g/mol. The van der Waals surface area contributed by atoms with Crippen LogP contribution in [0, 0.1) is 5.92 Å². The Morgan fingerprint density at radius 1 is 1.15 bits per heavy atom. The predicted molar refractivity (Wildman–Crippen MR) is 53.9 cm³/mol. The molecule has 0 N–H and O–H groups in total. The van der Waals surface area contributed by atoms with E-state index in [1.54, 1.807) is 0 Å². The smallest absolute Gasteiger partial charge is 0.0516 e. The second-order valence-electron chi connectivity index (χ2n) is 3.87. The van der Waals surface area contributed by atoms with E-state index in [1.807, 2.05) is 0 Å². The third-order valence-corrected chi connectivity index (χ3v) is 2.50. The zero-order valence-electron chi connectivity index (χ0n) is 8.76. The average molecular weight is 186 g/mol. The van der Waals surface area contributed by atoms with Crippen molar-refractivity contribution in [2.75, 3.05) is 26.4 Å². The van der Waals surface area contributed by atoms with Gasteiger partial charge in [0.25, 0.3) is 0 Å². The molecule has 0 unspecified atom stereocenters. The van der Waals surface area contributed by atoms with Crippen LogP contribution in [0.25, 0.3) is 0 Å². The number of ether oxygens (including phenoxy) is 2. The molecule has 0 aromatic carbocycles. The highest BCUT2D eigenvalue weighted by atomic mass is 16.5. The number of hydrogen-bond donors (Lipinski definition) is 0. The van der Waals surface area contributed by atoms with Gasteiger partial charge in [0.15, 0.2) is 0 Å². The molecule has 1 fully saturated rings. The van der Waals surface area contributed by atoms with Crippen molar-refractivity contribution in [3.63, 3.8) is 0 Å². The highest BCUT2D eigenvalue weighted by Crippen LogP contribution is 2.16. The minimum absolute atomic E-state index is 0.857. The van der Waals surface area contributed by atoms with E-state index >= 15 is 0 Å². The Labute approximate surface area is 81.6 Å². The van der Waals surface area contributed by atoms with Crippen molar-refractivity contribution >= 4 is 0 Å². The monoisotopic (exact) mass is 186 g/mol. The number of unbranched alkanes of at least 4 members (excludes halogenated alkanes) is 2. The average Bonchev–Trinajstić information content (AvgIpc) is 2.07. The van der Waals surface area contributed by atoms with Crippen LogP contribution in [-0.4, -0.2) is 26.4 Å². The summed E-state index contributed by atoms with van der Waals surface area (Å²) in [5.74, 6) is 0.857. The lowest BCUT2D eigenvalue weighted by Crippen LogP contribution is -2.27. The molecule has 0 aromatic heterocycles. The molecule has 0 saturated carbocycles. The summed E-state index contributed by atoms with van der Waals surface area (Å²) in [4.78, 5) is 0. The Bertz CT molecular complexity index is 111. The molecular formula is C11H22O2. The third-order valence-electron chi connectivity index (χ3n) is 2.50. The molecule has 0 aliphatic carbocycles. The Balaban J connectivity index is 1.68. The van der Waals surface area contributed by atoms with Gasteiger partial charge in [-0.05, 0) is 19.3 Å². The maximum Gasteiger partial charge on any atom is 0.0516 e. The fraction of sp³-hybridized carbons (Fsp3) is 1.00. The summed E-state index contributed by atoms with van der Waals surface area (Å²) in [5, 5.41) is 0. The molecule has 78 valence electrons. The lowest BCUT2D eigenvalue weighted by atomic mass is 10.0. The van der Waals surface area contributed by atoms with Gasteiger partial charge in [0.2, 0.25) is 0 Å². The van der Waals surface area contributed by atoms with Crippen molar-refractivity contribution < 1.29 is 9.47 Å². The van der Waals surface area contributed by atoms with Crippen LogP contribution in [0.3, 0.4) is 0 Å². The molecule has 0 bridgehead atoms. The maximum atomic E-state index is 5.48. The zero-order valence-corrected chi connectivity index (χ0v) is 8.76. The first-order chi connectivity index (χ1) is 6.43. The fourth-order valence-electron chi connectivity index (χ4n) is 1.44. The van der Waals surface area contributed by atoms with Crippen molar-refractivity contribution in [2.45, 2.75) is 39.0 Å². The van der Waals surface area contributed by atoms with Gasteiger partial charge < -0.3 is 9.47 Å². The summed E-state index contributed by atoms with van der Waals surface area (Å²) < 4.78 is 10.6. The van der Waals surface area contributed by atoms with Crippen LogP contribution in [0.2, 0.25) is 0 Å². The predicted octanol–water partition coefficient (Wildman–Crippen LogP) is 2.62. The van der Waals surface area contributed by atoms with E-state index in [2.05, 4.69) is 6.92 Å². The number of hydrogen-bond acceptors (Lipinski definition) is 2. The summed E-state index contributed by atoms with van der Waals surface area (Å²) in [6.45, 7) is 6.09. The highest BCUT2D eigenvalue weighted by Gasteiger charge is 2.16. The van der Waals surface area contributed by atoms with Gasteiger partial charge in [-0.1, -0.05) is 19.8 Å². The Morgan fingerprint density at radius 2 is 1.92 bits per heavy atom. The highest BCUT2D eigenvalue weighted by molar-refractivity contribution is 4.64. The SMILES string of the molecule is CCCCOCCCCC1COC1. The molecule has 1 aliphatic rings. The molecule has 13 heavy (non-hydrogen) atoms. The topological polar surface area (TPSA) is 18.5 Å². The van der Waals surface area contributed by atoms with Gasteiger partial charge in [-0.25, -0.2) is 0 Å². The normalized spacial score (nSPS) is 17.3. The molecule has 2 heteroatoms. The summed E-state index contributed by atoms with van der Waals surface area (Å²) in [6.07, 6.45) is 6.30. The van der Waals surface area contributed by atoms with Crippen molar-refractivity contribution in [2.24, 2.45) is 5.92 Å². The number of rotatable bonds is 8. The van der Waals surface area contributed by atoms with E-state index < -0.39 is 0 Å². The molecule has 0 radical (unpaired) electrons. The molecule has 0 aromatic rings.